The molecule has 2 aromatic rings. The maximum absolute atomic E-state index is 13.7. The molecule has 2 aromatic carbocycles. The average molecular weight is 322 g/mol. The Morgan fingerprint density at radius 1 is 1.11 bits per heavy atom. The second kappa shape index (κ2) is 6.31. The van der Waals surface area contributed by atoms with Gasteiger partial charge in [0.1, 0.15) is 5.82 Å². The molecule has 3 heteroatoms. The number of rotatable bonds is 4. The number of hydrogen-bond donors (Lipinski definition) is 1. The Morgan fingerprint density at radius 2 is 1.74 bits per heavy atom. The van der Waals surface area contributed by atoms with Crippen LogP contribution in [-0.4, -0.2) is 0 Å². The van der Waals surface area contributed by atoms with Crippen LogP contribution in [0.1, 0.15) is 29.7 Å². The highest BCUT2D eigenvalue weighted by Gasteiger charge is 2.12. The Kier molecular flexibility index (Phi) is 4.72. The van der Waals surface area contributed by atoms with Crippen molar-refractivity contribution >= 4 is 15.9 Å². The number of benzene rings is 2. The molecule has 0 aliphatic rings. The molecule has 0 saturated heterocycles. The summed E-state index contributed by atoms with van der Waals surface area (Å²) in [4.78, 5) is 0. The van der Waals surface area contributed by atoms with Crippen LogP contribution in [0.15, 0.2) is 46.9 Å². The van der Waals surface area contributed by atoms with Crippen LogP contribution in [0.25, 0.3) is 0 Å². The largest absolute Gasteiger partial charge is 0.324 e. The number of halogens is 2. The minimum absolute atomic E-state index is 0.249. The third-order valence-corrected chi connectivity index (χ3v) is 3.74. The van der Waals surface area contributed by atoms with Crippen LogP contribution in [0.5, 0.6) is 0 Å². The van der Waals surface area contributed by atoms with Crippen LogP contribution >= 0.6 is 15.9 Å². The molecular weight excluding hydrogens is 305 g/mol. The van der Waals surface area contributed by atoms with Crippen LogP contribution in [0.3, 0.4) is 0 Å². The Labute approximate surface area is 121 Å². The van der Waals surface area contributed by atoms with Gasteiger partial charge in [0, 0.05) is 16.1 Å². The number of hydrogen-bond acceptors (Lipinski definition) is 1. The highest BCUT2D eigenvalue weighted by Crippen LogP contribution is 2.23. The molecule has 1 atom stereocenters. The Morgan fingerprint density at radius 3 is 2.37 bits per heavy atom. The summed E-state index contributed by atoms with van der Waals surface area (Å²) in [6.07, 6.45) is 1.66. The van der Waals surface area contributed by atoms with E-state index >= 15 is 0 Å². The normalized spacial score (nSPS) is 12.4. The van der Waals surface area contributed by atoms with Crippen molar-refractivity contribution in [2.75, 3.05) is 0 Å². The highest BCUT2D eigenvalue weighted by atomic mass is 79.9. The average Bonchev–Trinajstić information content (AvgIpc) is 2.42. The molecule has 2 N–H and O–H groups in total. The van der Waals surface area contributed by atoms with Gasteiger partial charge in [0.2, 0.25) is 0 Å². The standard InChI is InChI=1S/C16H17BrFN/c1-2-11-3-5-12(6-4-11)9-16(19)14-10-13(17)7-8-15(14)18/h3-8,10,16H,2,9,19H2,1H3. The first kappa shape index (κ1) is 14.2. The summed E-state index contributed by atoms with van der Waals surface area (Å²) in [6, 6.07) is 12.9. The van der Waals surface area contributed by atoms with E-state index in [1.54, 1.807) is 12.1 Å². The minimum Gasteiger partial charge on any atom is -0.324 e. The van der Waals surface area contributed by atoms with E-state index in [1.807, 2.05) is 0 Å². The van der Waals surface area contributed by atoms with Crippen molar-refractivity contribution in [1.29, 1.82) is 0 Å². The fourth-order valence-corrected chi connectivity index (χ4v) is 2.45. The van der Waals surface area contributed by atoms with E-state index in [4.69, 9.17) is 5.73 Å². The van der Waals surface area contributed by atoms with Gasteiger partial charge in [-0.05, 0) is 42.2 Å². The van der Waals surface area contributed by atoms with Crippen LogP contribution in [0.2, 0.25) is 0 Å². The van der Waals surface area contributed by atoms with Crippen molar-refractivity contribution in [1.82, 2.24) is 0 Å². The maximum Gasteiger partial charge on any atom is 0.128 e. The molecule has 0 heterocycles. The quantitative estimate of drug-likeness (QED) is 0.887. The topological polar surface area (TPSA) is 26.0 Å². The smallest absolute Gasteiger partial charge is 0.128 e. The summed E-state index contributed by atoms with van der Waals surface area (Å²) < 4.78 is 14.6. The van der Waals surface area contributed by atoms with E-state index < -0.39 is 0 Å². The van der Waals surface area contributed by atoms with Gasteiger partial charge in [0.15, 0.2) is 0 Å². The summed E-state index contributed by atoms with van der Waals surface area (Å²) in [5.41, 5.74) is 9.08. The fourth-order valence-electron chi connectivity index (χ4n) is 2.07. The van der Waals surface area contributed by atoms with Gasteiger partial charge in [-0.3, -0.25) is 0 Å². The van der Waals surface area contributed by atoms with E-state index in [9.17, 15) is 4.39 Å². The predicted molar refractivity (Wildman–Crippen MR) is 80.6 cm³/mol. The molecule has 0 amide bonds. The maximum atomic E-state index is 13.7. The van der Waals surface area contributed by atoms with E-state index in [2.05, 4.69) is 47.1 Å². The van der Waals surface area contributed by atoms with Gasteiger partial charge in [0.05, 0.1) is 0 Å². The fraction of sp³-hybridized carbons (Fsp3) is 0.250. The molecule has 19 heavy (non-hydrogen) atoms. The molecule has 0 radical (unpaired) electrons. The number of aryl methyl sites for hydroxylation is 1. The molecule has 0 aliphatic heterocycles. The summed E-state index contributed by atoms with van der Waals surface area (Å²) in [5, 5.41) is 0. The second-order valence-corrected chi connectivity index (χ2v) is 5.56. The first-order chi connectivity index (χ1) is 9.10. The van der Waals surface area contributed by atoms with E-state index in [0.29, 0.717) is 12.0 Å². The van der Waals surface area contributed by atoms with Crippen molar-refractivity contribution in [2.24, 2.45) is 5.73 Å². The zero-order valence-corrected chi connectivity index (χ0v) is 12.5. The van der Waals surface area contributed by atoms with Crippen molar-refractivity contribution in [3.05, 3.63) is 69.4 Å². The van der Waals surface area contributed by atoms with Crippen LogP contribution in [0.4, 0.5) is 4.39 Å². The molecule has 1 unspecified atom stereocenters. The van der Waals surface area contributed by atoms with Crippen molar-refractivity contribution in [2.45, 2.75) is 25.8 Å². The van der Waals surface area contributed by atoms with E-state index in [1.165, 1.54) is 11.6 Å². The zero-order chi connectivity index (χ0) is 13.8. The molecule has 0 aliphatic carbocycles. The van der Waals surface area contributed by atoms with Crippen molar-refractivity contribution in [3.63, 3.8) is 0 Å². The Balaban J connectivity index is 2.15. The van der Waals surface area contributed by atoms with Gasteiger partial charge < -0.3 is 5.73 Å². The Hall–Kier alpha value is -1.19. The SMILES string of the molecule is CCc1ccc(CC(N)c2cc(Br)ccc2F)cc1. The van der Waals surface area contributed by atoms with Crippen LogP contribution in [-0.2, 0) is 12.8 Å². The molecule has 0 saturated carbocycles. The molecule has 0 aromatic heterocycles. The van der Waals surface area contributed by atoms with E-state index in [-0.39, 0.29) is 11.9 Å². The first-order valence-electron chi connectivity index (χ1n) is 6.38. The zero-order valence-electron chi connectivity index (χ0n) is 10.9. The van der Waals surface area contributed by atoms with Crippen molar-refractivity contribution < 1.29 is 4.39 Å². The molecular formula is C16H17BrFN. The van der Waals surface area contributed by atoms with Gasteiger partial charge in [-0.2, -0.15) is 0 Å². The van der Waals surface area contributed by atoms with Gasteiger partial charge >= 0.3 is 0 Å². The number of nitrogens with two attached hydrogens (primary N) is 1. The minimum atomic E-state index is -0.329. The monoisotopic (exact) mass is 321 g/mol. The van der Waals surface area contributed by atoms with Crippen LogP contribution in [0, 0.1) is 5.82 Å². The lowest BCUT2D eigenvalue weighted by Crippen LogP contribution is -2.15. The molecule has 2 rings (SSSR count). The highest BCUT2D eigenvalue weighted by molar-refractivity contribution is 9.10. The lowest BCUT2D eigenvalue weighted by Gasteiger charge is -2.14. The predicted octanol–water partition coefficient (Wildman–Crippen LogP) is 4.39. The lowest BCUT2D eigenvalue weighted by atomic mass is 9.98. The molecule has 1 nitrogen and oxygen atoms in total. The second-order valence-electron chi connectivity index (χ2n) is 4.65. The molecule has 0 spiro atoms. The molecule has 0 bridgehead atoms. The van der Waals surface area contributed by atoms with Gasteiger partial charge in [-0.15, -0.1) is 0 Å². The molecule has 0 fully saturated rings. The summed E-state index contributed by atoms with van der Waals surface area (Å²) in [6.45, 7) is 2.12. The van der Waals surface area contributed by atoms with Gasteiger partial charge in [0.25, 0.3) is 0 Å². The van der Waals surface area contributed by atoms with Crippen LogP contribution < -0.4 is 5.73 Å². The van der Waals surface area contributed by atoms with Gasteiger partial charge in [-0.1, -0.05) is 47.1 Å². The Bertz CT molecular complexity index is 551. The molecule has 100 valence electrons. The summed E-state index contributed by atoms with van der Waals surface area (Å²) in [5.74, 6) is -0.249. The van der Waals surface area contributed by atoms with E-state index in [0.717, 1.165) is 16.5 Å². The van der Waals surface area contributed by atoms with Gasteiger partial charge in [-0.25, -0.2) is 4.39 Å². The summed E-state index contributed by atoms with van der Waals surface area (Å²) >= 11 is 3.35. The third kappa shape index (κ3) is 3.64. The van der Waals surface area contributed by atoms with Crippen molar-refractivity contribution in [3.8, 4) is 0 Å². The third-order valence-electron chi connectivity index (χ3n) is 3.24. The first-order valence-corrected chi connectivity index (χ1v) is 7.17. The summed E-state index contributed by atoms with van der Waals surface area (Å²) in [7, 11) is 0. The lowest BCUT2D eigenvalue weighted by molar-refractivity contribution is 0.580.